The van der Waals surface area contributed by atoms with Crippen LogP contribution < -0.4 is 4.74 Å². The molecule has 0 saturated carbocycles. The second kappa shape index (κ2) is 5.43. The molecule has 1 N–H and O–H groups in total. The predicted octanol–water partition coefficient (Wildman–Crippen LogP) is 2.13. The Hall–Kier alpha value is -1.91. The van der Waals surface area contributed by atoms with Gasteiger partial charge in [-0.25, -0.2) is 4.39 Å². The summed E-state index contributed by atoms with van der Waals surface area (Å²) in [6.45, 7) is 1.43. The van der Waals surface area contributed by atoms with Gasteiger partial charge >= 0.3 is 5.97 Å². The highest BCUT2D eigenvalue weighted by Crippen LogP contribution is 2.19. The van der Waals surface area contributed by atoms with E-state index in [1.54, 1.807) is 0 Å². The number of benzene rings is 1. The number of ether oxygens (including phenoxy) is 1. The summed E-state index contributed by atoms with van der Waals surface area (Å²) in [7, 11) is 1.33. The normalized spacial score (nSPS) is 11.9. The lowest BCUT2D eigenvalue weighted by Crippen LogP contribution is -2.14. The highest BCUT2D eigenvalue weighted by atomic mass is 19.1. The molecule has 0 radical (unpaired) electrons. The summed E-state index contributed by atoms with van der Waals surface area (Å²) in [6.07, 6.45) is -0.152. The van der Waals surface area contributed by atoms with E-state index in [1.165, 1.54) is 26.2 Å². The number of rotatable bonds is 5. The monoisotopic (exact) mass is 240 g/mol. The van der Waals surface area contributed by atoms with Crippen molar-refractivity contribution >= 4 is 11.8 Å². The molecule has 0 fully saturated rings. The molecule has 0 aliphatic carbocycles. The Balaban J connectivity index is 2.83. The van der Waals surface area contributed by atoms with Gasteiger partial charge in [0.15, 0.2) is 17.3 Å². The van der Waals surface area contributed by atoms with Crippen LogP contribution in [0, 0.1) is 11.7 Å². The molecule has 0 amide bonds. The number of carboxylic acids is 1. The summed E-state index contributed by atoms with van der Waals surface area (Å²) in [6, 6.07) is 3.81. The van der Waals surface area contributed by atoms with Crippen LogP contribution in [0.25, 0.3) is 0 Å². The first-order valence-electron chi connectivity index (χ1n) is 5.05. The van der Waals surface area contributed by atoms with E-state index in [4.69, 9.17) is 9.84 Å². The number of aliphatic carboxylic acids is 1. The highest BCUT2D eigenvalue weighted by molar-refractivity contribution is 5.98. The minimum Gasteiger partial charge on any atom is -0.494 e. The van der Waals surface area contributed by atoms with Gasteiger partial charge in [0.25, 0.3) is 0 Å². The smallest absolute Gasteiger partial charge is 0.306 e. The third-order valence-corrected chi connectivity index (χ3v) is 2.39. The van der Waals surface area contributed by atoms with Crippen molar-refractivity contribution in [3.63, 3.8) is 0 Å². The Kier molecular flexibility index (Phi) is 4.20. The fourth-order valence-corrected chi connectivity index (χ4v) is 1.32. The fraction of sp³-hybridized carbons (Fsp3) is 0.333. The third kappa shape index (κ3) is 3.27. The lowest BCUT2D eigenvalue weighted by Gasteiger charge is -2.07. The molecule has 17 heavy (non-hydrogen) atoms. The molecule has 0 aromatic heterocycles. The van der Waals surface area contributed by atoms with Gasteiger partial charge < -0.3 is 9.84 Å². The third-order valence-electron chi connectivity index (χ3n) is 2.39. The van der Waals surface area contributed by atoms with Crippen LogP contribution in [0.3, 0.4) is 0 Å². The summed E-state index contributed by atoms with van der Waals surface area (Å²) < 4.78 is 18.0. The van der Waals surface area contributed by atoms with E-state index >= 15 is 0 Å². The molecule has 1 aromatic rings. The fourth-order valence-electron chi connectivity index (χ4n) is 1.32. The number of methoxy groups -OCH3 is 1. The number of carbonyl (C=O) groups excluding carboxylic acids is 1. The SMILES string of the molecule is COc1ccc(C(=O)CC(C)C(=O)O)cc1F. The average Bonchev–Trinajstić information content (AvgIpc) is 2.28. The van der Waals surface area contributed by atoms with Gasteiger partial charge in [-0.1, -0.05) is 6.92 Å². The molecule has 1 atom stereocenters. The van der Waals surface area contributed by atoms with Gasteiger partial charge in [0, 0.05) is 12.0 Å². The minimum absolute atomic E-state index is 0.0489. The van der Waals surface area contributed by atoms with Crippen molar-refractivity contribution in [1.82, 2.24) is 0 Å². The quantitative estimate of drug-likeness (QED) is 0.801. The first-order valence-corrected chi connectivity index (χ1v) is 5.05. The standard InChI is InChI=1S/C12H13FO4/c1-7(12(15)16)5-10(14)8-3-4-11(17-2)9(13)6-8/h3-4,6-7H,5H2,1-2H3,(H,15,16). The maximum absolute atomic E-state index is 13.3. The molecular formula is C12H13FO4. The van der Waals surface area contributed by atoms with Crippen molar-refractivity contribution in [2.75, 3.05) is 7.11 Å². The molecule has 0 aliphatic rings. The van der Waals surface area contributed by atoms with Gasteiger partial charge in [-0.15, -0.1) is 0 Å². The number of ketones is 1. The number of Topliss-reactive ketones (excluding diaryl/α,β-unsaturated/α-hetero) is 1. The zero-order chi connectivity index (χ0) is 13.0. The van der Waals surface area contributed by atoms with Gasteiger partial charge in [0.1, 0.15) is 0 Å². The van der Waals surface area contributed by atoms with E-state index in [9.17, 15) is 14.0 Å². The zero-order valence-corrected chi connectivity index (χ0v) is 9.57. The maximum Gasteiger partial charge on any atom is 0.306 e. The molecule has 1 rings (SSSR count). The van der Waals surface area contributed by atoms with Crippen molar-refractivity contribution in [2.45, 2.75) is 13.3 Å². The van der Waals surface area contributed by atoms with E-state index in [2.05, 4.69) is 0 Å². The lowest BCUT2D eigenvalue weighted by atomic mass is 10.00. The zero-order valence-electron chi connectivity index (χ0n) is 9.57. The Morgan fingerprint density at radius 2 is 2.12 bits per heavy atom. The van der Waals surface area contributed by atoms with Crippen LogP contribution >= 0.6 is 0 Å². The van der Waals surface area contributed by atoms with E-state index in [0.717, 1.165) is 6.07 Å². The highest BCUT2D eigenvalue weighted by Gasteiger charge is 2.18. The number of halogens is 1. The largest absolute Gasteiger partial charge is 0.494 e. The van der Waals surface area contributed by atoms with E-state index in [0.29, 0.717) is 0 Å². The predicted molar refractivity (Wildman–Crippen MR) is 58.7 cm³/mol. The van der Waals surface area contributed by atoms with Gasteiger partial charge in [-0.2, -0.15) is 0 Å². The van der Waals surface area contributed by atoms with Crippen molar-refractivity contribution in [3.05, 3.63) is 29.6 Å². The van der Waals surface area contributed by atoms with Crippen LogP contribution in [0.15, 0.2) is 18.2 Å². The molecule has 0 saturated heterocycles. The van der Waals surface area contributed by atoms with Crippen LogP contribution in [0.5, 0.6) is 5.75 Å². The molecule has 0 bridgehead atoms. The second-order valence-corrected chi connectivity index (χ2v) is 3.72. The minimum atomic E-state index is -1.05. The number of hydrogen-bond acceptors (Lipinski definition) is 3. The van der Waals surface area contributed by atoms with Crippen LogP contribution in [-0.4, -0.2) is 24.0 Å². The van der Waals surface area contributed by atoms with Crippen molar-refractivity contribution in [3.8, 4) is 5.75 Å². The Morgan fingerprint density at radius 3 is 2.59 bits per heavy atom. The van der Waals surface area contributed by atoms with Gasteiger partial charge in [0.05, 0.1) is 13.0 Å². The first-order chi connectivity index (χ1) is 7.95. The van der Waals surface area contributed by atoms with Crippen LogP contribution in [-0.2, 0) is 4.79 Å². The van der Waals surface area contributed by atoms with Crippen LogP contribution in [0.4, 0.5) is 4.39 Å². The summed E-state index contributed by atoms with van der Waals surface area (Å²) >= 11 is 0. The van der Waals surface area contributed by atoms with Crippen molar-refractivity contribution in [2.24, 2.45) is 5.92 Å². The first kappa shape index (κ1) is 13.2. The summed E-state index contributed by atoms with van der Waals surface area (Å²) in [4.78, 5) is 22.2. The number of carbonyl (C=O) groups is 2. The molecule has 0 aliphatic heterocycles. The Labute approximate surface area is 98.0 Å². The van der Waals surface area contributed by atoms with Gasteiger partial charge in [-0.05, 0) is 18.2 Å². The molecule has 5 heteroatoms. The van der Waals surface area contributed by atoms with Crippen LogP contribution in [0.2, 0.25) is 0 Å². The van der Waals surface area contributed by atoms with E-state index < -0.39 is 23.5 Å². The Morgan fingerprint density at radius 1 is 1.47 bits per heavy atom. The summed E-state index contributed by atoms with van der Waals surface area (Å²) in [5.74, 6) is -2.82. The summed E-state index contributed by atoms with van der Waals surface area (Å²) in [5, 5.41) is 8.67. The van der Waals surface area contributed by atoms with Gasteiger partial charge in [-0.3, -0.25) is 9.59 Å². The lowest BCUT2D eigenvalue weighted by molar-refractivity contribution is -0.141. The molecule has 1 aromatic carbocycles. The molecular weight excluding hydrogens is 227 g/mol. The molecule has 1 unspecified atom stereocenters. The van der Waals surface area contributed by atoms with E-state index in [1.807, 2.05) is 0 Å². The molecule has 0 spiro atoms. The number of hydrogen-bond donors (Lipinski definition) is 1. The molecule has 0 heterocycles. The Bertz CT molecular complexity index is 442. The average molecular weight is 240 g/mol. The summed E-state index contributed by atoms with van der Waals surface area (Å²) in [5.41, 5.74) is 0.149. The van der Waals surface area contributed by atoms with E-state index in [-0.39, 0.29) is 17.7 Å². The topological polar surface area (TPSA) is 63.6 Å². The number of carboxylic acid groups (broad SMARTS) is 1. The molecule has 92 valence electrons. The second-order valence-electron chi connectivity index (χ2n) is 3.72. The van der Waals surface area contributed by atoms with Crippen molar-refractivity contribution < 1.29 is 23.8 Å². The van der Waals surface area contributed by atoms with Crippen LogP contribution in [0.1, 0.15) is 23.7 Å². The maximum atomic E-state index is 13.3. The van der Waals surface area contributed by atoms with Gasteiger partial charge in [0.2, 0.25) is 0 Å². The van der Waals surface area contributed by atoms with Crippen molar-refractivity contribution in [1.29, 1.82) is 0 Å². The molecule has 4 nitrogen and oxygen atoms in total.